The standard InChI is InChI=1S/C18H14BrN5O3S2/c1-26-10-3-4-11(13(6-10)27-2)15-21-18(24-23-15)22-16(25)12-8-29-17(20-12)14-5-9(19)7-28-14/h3-8H,1-2H3,(H2,21,22,23,24,25). The third-order valence-electron chi connectivity index (χ3n) is 3.89. The van der Waals surface area contributed by atoms with Crippen molar-refractivity contribution in [3.8, 4) is 32.8 Å². The Morgan fingerprint density at radius 1 is 1.14 bits per heavy atom. The summed E-state index contributed by atoms with van der Waals surface area (Å²) in [6, 6.07) is 7.30. The molecule has 148 valence electrons. The second-order valence-corrected chi connectivity index (χ2v) is 8.38. The number of aromatic amines is 1. The van der Waals surface area contributed by atoms with E-state index in [1.54, 1.807) is 49.1 Å². The van der Waals surface area contributed by atoms with Crippen LogP contribution < -0.4 is 14.8 Å². The Morgan fingerprint density at radius 2 is 2.00 bits per heavy atom. The van der Waals surface area contributed by atoms with Crippen LogP contribution in [0.25, 0.3) is 21.3 Å². The number of nitrogens with zero attached hydrogens (tertiary/aromatic N) is 3. The molecule has 29 heavy (non-hydrogen) atoms. The van der Waals surface area contributed by atoms with Crippen LogP contribution in [-0.4, -0.2) is 40.3 Å². The first kappa shape index (κ1) is 19.6. The van der Waals surface area contributed by atoms with E-state index in [0.29, 0.717) is 28.6 Å². The van der Waals surface area contributed by atoms with Crippen molar-refractivity contribution in [1.29, 1.82) is 0 Å². The van der Waals surface area contributed by atoms with E-state index in [-0.39, 0.29) is 11.9 Å². The van der Waals surface area contributed by atoms with E-state index in [1.165, 1.54) is 11.3 Å². The number of nitrogens with one attached hydrogen (secondary N) is 2. The number of ether oxygens (including phenoxy) is 2. The fraction of sp³-hybridized carbons (Fsp3) is 0.111. The second kappa shape index (κ2) is 8.31. The number of H-pyrrole nitrogens is 1. The number of aromatic nitrogens is 4. The predicted octanol–water partition coefficient (Wildman–Crippen LogP) is 4.69. The van der Waals surface area contributed by atoms with Gasteiger partial charge in [-0.05, 0) is 34.1 Å². The van der Waals surface area contributed by atoms with E-state index < -0.39 is 0 Å². The third kappa shape index (κ3) is 4.16. The molecule has 0 aliphatic heterocycles. The van der Waals surface area contributed by atoms with Gasteiger partial charge in [0, 0.05) is 21.3 Å². The van der Waals surface area contributed by atoms with E-state index in [9.17, 15) is 4.79 Å². The van der Waals surface area contributed by atoms with Crippen LogP contribution in [0.1, 0.15) is 10.5 Å². The van der Waals surface area contributed by atoms with Gasteiger partial charge < -0.3 is 9.47 Å². The summed E-state index contributed by atoms with van der Waals surface area (Å²) in [6.07, 6.45) is 0. The number of hydrogen-bond acceptors (Lipinski definition) is 8. The van der Waals surface area contributed by atoms with Crippen molar-refractivity contribution in [2.75, 3.05) is 19.5 Å². The summed E-state index contributed by atoms with van der Waals surface area (Å²) in [4.78, 5) is 22.2. The number of thiazole rings is 1. The monoisotopic (exact) mass is 491 g/mol. The van der Waals surface area contributed by atoms with Crippen LogP contribution in [0.15, 0.2) is 39.5 Å². The van der Waals surface area contributed by atoms with Crippen molar-refractivity contribution < 1.29 is 14.3 Å². The van der Waals surface area contributed by atoms with E-state index in [4.69, 9.17) is 9.47 Å². The molecule has 3 heterocycles. The lowest BCUT2D eigenvalue weighted by Crippen LogP contribution is -2.13. The number of hydrogen-bond donors (Lipinski definition) is 2. The first-order valence-corrected chi connectivity index (χ1v) is 10.8. The summed E-state index contributed by atoms with van der Waals surface area (Å²) in [5.41, 5.74) is 1.00. The summed E-state index contributed by atoms with van der Waals surface area (Å²) in [7, 11) is 3.14. The molecule has 0 saturated carbocycles. The lowest BCUT2D eigenvalue weighted by atomic mass is 10.2. The summed E-state index contributed by atoms with van der Waals surface area (Å²) in [6.45, 7) is 0. The topological polar surface area (TPSA) is 102 Å². The van der Waals surface area contributed by atoms with Crippen molar-refractivity contribution in [1.82, 2.24) is 20.2 Å². The zero-order valence-electron chi connectivity index (χ0n) is 15.2. The molecule has 0 saturated heterocycles. The van der Waals surface area contributed by atoms with E-state index >= 15 is 0 Å². The van der Waals surface area contributed by atoms with Gasteiger partial charge in [0.15, 0.2) is 5.82 Å². The highest BCUT2D eigenvalue weighted by Gasteiger charge is 2.17. The molecule has 0 unspecified atom stereocenters. The van der Waals surface area contributed by atoms with Gasteiger partial charge >= 0.3 is 0 Å². The fourth-order valence-electron chi connectivity index (χ4n) is 2.51. The minimum Gasteiger partial charge on any atom is -0.497 e. The molecule has 0 aliphatic carbocycles. The number of benzene rings is 1. The van der Waals surface area contributed by atoms with Gasteiger partial charge in [-0.15, -0.1) is 27.8 Å². The van der Waals surface area contributed by atoms with E-state index in [1.807, 2.05) is 11.4 Å². The maximum atomic E-state index is 12.5. The summed E-state index contributed by atoms with van der Waals surface area (Å²) in [5.74, 6) is 1.47. The largest absolute Gasteiger partial charge is 0.497 e. The number of carbonyl (C=O) groups excluding carboxylic acids is 1. The van der Waals surface area contributed by atoms with Gasteiger partial charge in [0.25, 0.3) is 5.91 Å². The molecule has 1 aromatic carbocycles. The zero-order valence-corrected chi connectivity index (χ0v) is 18.4. The molecule has 0 bridgehead atoms. The Kier molecular flexibility index (Phi) is 5.60. The smallest absolute Gasteiger partial charge is 0.277 e. The van der Waals surface area contributed by atoms with Gasteiger partial charge in [-0.1, -0.05) is 0 Å². The number of anilines is 1. The normalized spacial score (nSPS) is 10.7. The predicted molar refractivity (Wildman–Crippen MR) is 116 cm³/mol. The molecule has 2 N–H and O–H groups in total. The molecule has 0 fully saturated rings. The number of thiophene rings is 1. The molecule has 0 spiro atoms. The third-order valence-corrected chi connectivity index (χ3v) is 6.59. The van der Waals surface area contributed by atoms with Crippen LogP contribution in [0.2, 0.25) is 0 Å². The van der Waals surface area contributed by atoms with Crippen LogP contribution in [-0.2, 0) is 0 Å². The molecule has 4 aromatic rings. The fourth-order valence-corrected chi connectivity index (χ4v) is 4.82. The van der Waals surface area contributed by atoms with Crippen LogP contribution >= 0.6 is 38.6 Å². The molecule has 0 aliphatic rings. The van der Waals surface area contributed by atoms with Crippen molar-refractivity contribution >= 4 is 50.5 Å². The molecular weight excluding hydrogens is 478 g/mol. The van der Waals surface area contributed by atoms with Crippen LogP contribution in [0.3, 0.4) is 0 Å². The van der Waals surface area contributed by atoms with Crippen LogP contribution in [0, 0.1) is 0 Å². The summed E-state index contributed by atoms with van der Waals surface area (Å²) >= 11 is 6.38. The minimum absolute atomic E-state index is 0.149. The van der Waals surface area contributed by atoms with Gasteiger partial charge in [0.2, 0.25) is 5.95 Å². The highest BCUT2D eigenvalue weighted by molar-refractivity contribution is 9.10. The van der Waals surface area contributed by atoms with Crippen molar-refractivity contribution in [3.05, 3.63) is 45.2 Å². The molecule has 8 nitrogen and oxygen atoms in total. The lowest BCUT2D eigenvalue weighted by Gasteiger charge is -2.07. The number of carbonyl (C=O) groups is 1. The Bertz CT molecular complexity index is 1170. The average molecular weight is 492 g/mol. The first-order chi connectivity index (χ1) is 14.1. The molecule has 11 heteroatoms. The zero-order chi connectivity index (χ0) is 20.4. The Labute approximate surface area is 182 Å². The van der Waals surface area contributed by atoms with Gasteiger partial charge in [-0.3, -0.25) is 15.2 Å². The van der Waals surface area contributed by atoms with Gasteiger partial charge in [0.05, 0.1) is 24.7 Å². The van der Waals surface area contributed by atoms with Gasteiger partial charge in [0.1, 0.15) is 22.2 Å². The van der Waals surface area contributed by atoms with Crippen molar-refractivity contribution in [2.45, 2.75) is 0 Å². The maximum Gasteiger partial charge on any atom is 0.277 e. The van der Waals surface area contributed by atoms with Crippen LogP contribution in [0.5, 0.6) is 11.5 Å². The quantitative estimate of drug-likeness (QED) is 0.405. The number of rotatable bonds is 6. The Balaban J connectivity index is 1.51. The minimum atomic E-state index is -0.379. The van der Waals surface area contributed by atoms with Crippen molar-refractivity contribution in [2.24, 2.45) is 0 Å². The number of halogens is 1. The number of amides is 1. The Morgan fingerprint density at radius 3 is 2.72 bits per heavy atom. The SMILES string of the molecule is COc1ccc(-c2nc(NC(=O)c3csc(-c4cc(Br)cs4)n3)n[nH]2)c(OC)c1. The molecule has 0 atom stereocenters. The second-order valence-electron chi connectivity index (χ2n) is 5.70. The lowest BCUT2D eigenvalue weighted by molar-refractivity contribution is 0.102. The summed E-state index contributed by atoms with van der Waals surface area (Å²) < 4.78 is 11.6. The Hall–Kier alpha value is -2.76. The molecular formula is C18H14BrN5O3S2. The summed E-state index contributed by atoms with van der Waals surface area (Å²) in [5, 5.41) is 14.0. The molecule has 0 radical (unpaired) electrons. The van der Waals surface area contributed by atoms with Crippen molar-refractivity contribution in [3.63, 3.8) is 0 Å². The van der Waals surface area contributed by atoms with Gasteiger partial charge in [-0.25, -0.2) is 4.98 Å². The van der Waals surface area contributed by atoms with Crippen LogP contribution in [0.4, 0.5) is 5.95 Å². The van der Waals surface area contributed by atoms with Gasteiger partial charge in [-0.2, -0.15) is 4.98 Å². The molecule has 4 rings (SSSR count). The van der Waals surface area contributed by atoms with E-state index in [0.717, 1.165) is 14.4 Å². The highest BCUT2D eigenvalue weighted by Crippen LogP contribution is 2.33. The maximum absolute atomic E-state index is 12.5. The van der Waals surface area contributed by atoms with E-state index in [2.05, 4.69) is 41.4 Å². The number of methoxy groups -OCH3 is 2. The average Bonchev–Trinajstić information content (AvgIpc) is 3.48. The molecule has 1 amide bonds. The first-order valence-electron chi connectivity index (χ1n) is 8.23. The molecule has 3 aromatic heterocycles. The highest BCUT2D eigenvalue weighted by atomic mass is 79.9.